The van der Waals surface area contributed by atoms with Gasteiger partial charge in [0.1, 0.15) is 10.7 Å². The second-order valence-electron chi connectivity index (χ2n) is 4.82. The van der Waals surface area contributed by atoms with Crippen LogP contribution >= 0.6 is 11.3 Å². The molecule has 0 saturated carbocycles. The molecule has 3 heterocycles. The molecule has 0 atom stereocenters. The zero-order chi connectivity index (χ0) is 14.3. The van der Waals surface area contributed by atoms with Gasteiger partial charge in [0, 0.05) is 5.69 Å². The van der Waals surface area contributed by atoms with Crippen molar-refractivity contribution in [2.45, 2.75) is 27.3 Å². The molecule has 0 N–H and O–H groups in total. The Morgan fingerprint density at radius 1 is 1.25 bits per heavy atom. The van der Waals surface area contributed by atoms with Crippen molar-refractivity contribution in [2.75, 3.05) is 0 Å². The first-order valence-corrected chi connectivity index (χ1v) is 7.17. The van der Waals surface area contributed by atoms with Crippen LogP contribution in [0.3, 0.4) is 0 Å². The highest BCUT2D eigenvalue weighted by Gasteiger charge is 2.09. The molecule has 0 aliphatic heterocycles. The number of hydrogen-bond donors (Lipinski definition) is 0. The van der Waals surface area contributed by atoms with Crippen molar-refractivity contribution in [3.63, 3.8) is 0 Å². The van der Waals surface area contributed by atoms with E-state index in [0.29, 0.717) is 17.8 Å². The Hall–Kier alpha value is -2.08. The SMILES string of the molecule is Cc1cc(Cn2cnc3scc(C)c3c2=O)nc(C)n1. The lowest BCUT2D eigenvalue weighted by atomic mass is 10.2. The van der Waals surface area contributed by atoms with Crippen LogP contribution < -0.4 is 5.56 Å². The molecule has 0 amide bonds. The van der Waals surface area contributed by atoms with E-state index >= 15 is 0 Å². The number of aromatic nitrogens is 4. The zero-order valence-corrected chi connectivity index (χ0v) is 12.4. The summed E-state index contributed by atoms with van der Waals surface area (Å²) in [5.74, 6) is 0.716. The Balaban J connectivity index is 2.09. The summed E-state index contributed by atoms with van der Waals surface area (Å²) in [5.41, 5.74) is 2.70. The molecule has 0 aliphatic carbocycles. The summed E-state index contributed by atoms with van der Waals surface area (Å²) in [6, 6.07) is 1.89. The predicted molar refractivity (Wildman–Crippen MR) is 79.2 cm³/mol. The minimum Gasteiger partial charge on any atom is -0.293 e. The van der Waals surface area contributed by atoms with Gasteiger partial charge in [-0.15, -0.1) is 11.3 Å². The number of hydrogen-bond acceptors (Lipinski definition) is 5. The topological polar surface area (TPSA) is 60.7 Å². The van der Waals surface area contributed by atoms with E-state index in [9.17, 15) is 4.79 Å². The van der Waals surface area contributed by atoms with Crippen LogP contribution in [0.4, 0.5) is 0 Å². The van der Waals surface area contributed by atoms with Crippen LogP contribution in [0.15, 0.2) is 22.6 Å². The van der Waals surface area contributed by atoms with Crippen molar-refractivity contribution in [3.8, 4) is 0 Å². The van der Waals surface area contributed by atoms with Crippen LogP contribution in [0, 0.1) is 20.8 Å². The average molecular weight is 286 g/mol. The van der Waals surface area contributed by atoms with Crippen LogP contribution in [-0.2, 0) is 6.54 Å². The molecule has 5 nitrogen and oxygen atoms in total. The van der Waals surface area contributed by atoms with Crippen molar-refractivity contribution in [2.24, 2.45) is 0 Å². The largest absolute Gasteiger partial charge is 0.293 e. The van der Waals surface area contributed by atoms with Crippen molar-refractivity contribution >= 4 is 21.6 Å². The Kier molecular flexibility index (Phi) is 3.10. The minimum atomic E-state index is -0.0114. The van der Waals surface area contributed by atoms with Crippen molar-refractivity contribution in [1.82, 2.24) is 19.5 Å². The van der Waals surface area contributed by atoms with E-state index in [-0.39, 0.29) is 5.56 Å². The quantitative estimate of drug-likeness (QED) is 0.724. The fourth-order valence-electron chi connectivity index (χ4n) is 2.27. The van der Waals surface area contributed by atoms with Gasteiger partial charge in [0.2, 0.25) is 0 Å². The molecule has 0 aliphatic rings. The minimum absolute atomic E-state index is 0.0114. The van der Waals surface area contributed by atoms with Gasteiger partial charge in [-0.05, 0) is 37.8 Å². The molecule has 0 aromatic carbocycles. The van der Waals surface area contributed by atoms with Gasteiger partial charge in [0.05, 0.1) is 24.0 Å². The van der Waals surface area contributed by atoms with Gasteiger partial charge in [0.25, 0.3) is 5.56 Å². The third kappa shape index (κ3) is 2.22. The van der Waals surface area contributed by atoms with E-state index in [1.165, 1.54) is 11.3 Å². The maximum atomic E-state index is 12.5. The first-order valence-electron chi connectivity index (χ1n) is 6.29. The highest BCUT2D eigenvalue weighted by atomic mass is 32.1. The summed E-state index contributed by atoms with van der Waals surface area (Å²) in [4.78, 5) is 26.2. The molecule has 3 aromatic heterocycles. The van der Waals surface area contributed by atoms with Crippen LogP contribution in [0.1, 0.15) is 22.8 Å². The fourth-order valence-corrected chi connectivity index (χ4v) is 3.15. The molecule has 0 saturated heterocycles. The fraction of sp³-hybridized carbons (Fsp3) is 0.286. The number of aryl methyl sites for hydroxylation is 3. The van der Waals surface area contributed by atoms with Crippen molar-refractivity contribution in [3.05, 3.63) is 50.9 Å². The van der Waals surface area contributed by atoms with Crippen LogP contribution in [-0.4, -0.2) is 19.5 Å². The van der Waals surface area contributed by atoms with Gasteiger partial charge in [-0.25, -0.2) is 15.0 Å². The maximum Gasteiger partial charge on any atom is 0.262 e. The Morgan fingerprint density at radius 2 is 2.05 bits per heavy atom. The summed E-state index contributed by atoms with van der Waals surface area (Å²) < 4.78 is 1.60. The smallest absolute Gasteiger partial charge is 0.262 e. The van der Waals surface area contributed by atoms with Crippen LogP contribution in [0.5, 0.6) is 0 Å². The summed E-state index contributed by atoms with van der Waals surface area (Å²) in [6.45, 7) is 6.13. The molecule has 102 valence electrons. The maximum absolute atomic E-state index is 12.5. The van der Waals surface area contributed by atoms with Gasteiger partial charge >= 0.3 is 0 Å². The summed E-state index contributed by atoms with van der Waals surface area (Å²) in [7, 11) is 0. The lowest BCUT2D eigenvalue weighted by molar-refractivity contribution is 0.720. The Labute approximate surface area is 120 Å². The first kappa shape index (κ1) is 12.9. The van der Waals surface area contributed by atoms with Gasteiger partial charge in [0.15, 0.2) is 0 Å². The molecule has 3 aromatic rings. The van der Waals surface area contributed by atoms with Gasteiger partial charge < -0.3 is 0 Å². The standard InChI is InChI=1S/C14H14N4OS/c1-8-6-20-13-12(8)14(19)18(7-15-13)5-11-4-9(2)16-10(3)17-11/h4,6-7H,5H2,1-3H3. The monoisotopic (exact) mass is 286 g/mol. The Morgan fingerprint density at radius 3 is 2.80 bits per heavy atom. The molecule has 0 bridgehead atoms. The van der Waals surface area contributed by atoms with Crippen LogP contribution in [0.25, 0.3) is 10.2 Å². The Bertz CT molecular complexity index is 830. The van der Waals surface area contributed by atoms with Crippen molar-refractivity contribution in [1.29, 1.82) is 0 Å². The molecule has 0 spiro atoms. The van der Waals surface area contributed by atoms with Gasteiger partial charge in [-0.2, -0.15) is 0 Å². The van der Waals surface area contributed by atoms with E-state index < -0.39 is 0 Å². The van der Waals surface area contributed by atoms with Crippen LogP contribution in [0.2, 0.25) is 0 Å². The predicted octanol–water partition coefficient (Wildman–Crippen LogP) is 2.22. The first-order chi connectivity index (χ1) is 9.54. The van der Waals surface area contributed by atoms with E-state index in [2.05, 4.69) is 15.0 Å². The molecular weight excluding hydrogens is 272 g/mol. The van der Waals surface area contributed by atoms with Gasteiger partial charge in [-0.3, -0.25) is 9.36 Å². The molecule has 20 heavy (non-hydrogen) atoms. The molecule has 3 rings (SSSR count). The molecule has 0 fully saturated rings. The van der Waals surface area contributed by atoms with Crippen molar-refractivity contribution < 1.29 is 0 Å². The molecule has 0 unspecified atom stereocenters. The van der Waals surface area contributed by atoms with E-state index in [1.54, 1.807) is 10.9 Å². The summed E-state index contributed by atoms with van der Waals surface area (Å²) in [5, 5.41) is 2.67. The zero-order valence-electron chi connectivity index (χ0n) is 11.5. The molecule has 0 radical (unpaired) electrons. The molecular formula is C14H14N4OS. The second kappa shape index (κ2) is 4.79. The second-order valence-corrected chi connectivity index (χ2v) is 5.68. The number of thiophene rings is 1. The number of fused-ring (bicyclic) bond motifs is 1. The molecule has 6 heteroatoms. The highest BCUT2D eigenvalue weighted by molar-refractivity contribution is 7.16. The highest BCUT2D eigenvalue weighted by Crippen LogP contribution is 2.19. The van der Waals surface area contributed by atoms with E-state index in [4.69, 9.17) is 0 Å². The van der Waals surface area contributed by atoms with E-state index in [1.807, 2.05) is 32.2 Å². The third-order valence-electron chi connectivity index (χ3n) is 3.10. The van der Waals surface area contributed by atoms with E-state index in [0.717, 1.165) is 21.8 Å². The summed E-state index contributed by atoms with van der Waals surface area (Å²) >= 11 is 1.50. The number of nitrogens with zero attached hydrogens (tertiary/aromatic N) is 4. The lowest BCUT2D eigenvalue weighted by Gasteiger charge is -2.06. The van der Waals surface area contributed by atoms with Gasteiger partial charge in [-0.1, -0.05) is 0 Å². The third-order valence-corrected chi connectivity index (χ3v) is 4.10. The summed E-state index contributed by atoms with van der Waals surface area (Å²) in [6.07, 6.45) is 1.59. The number of rotatable bonds is 2. The normalized spacial score (nSPS) is 11.2. The lowest BCUT2D eigenvalue weighted by Crippen LogP contribution is -2.21. The average Bonchev–Trinajstić information content (AvgIpc) is 2.74.